The second kappa shape index (κ2) is 4.32. The lowest BCUT2D eigenvalue weighted by Crippen LogP contribution is -1.90. The van der Waals surface area contributed by atoms with Crippen molar-refractivity contribution >= 4 is 28.2 Å². The van der Waals surface area contributed by atoms with E-state index in [1.54, 1.807) is 6.33 Å². The number of nitrogens with zero attached hydrogens (tertiary/aromatic N) is 3. The van der Waals surface area contributed by atoms with Gasteiger partial charge in [-0.05, 0) is 35.4 Å². The van der Waals surface area contributed by atoms with Crippen molar-refractivity contribution in [1.82, 2.24) is 14.6 Å². The second-order valence-electron chi connectivity index (χ2n) is 4.64. The lowest BCUT2D eigenvalue weighted by Gasteiger charge is -2.09. The fraction of sp³-hybridized carbons (Fsp3) is 0. The Hall–Kier alpha value is -2.39. The van der Waals surface area contributed by atoms with Gasteiger partial charge in [0.1, 0.15) is 6.33 Å². The molecule has 2 aromatic heterocycles. The molecular weight excluding hydrogens is 270 g/mol. The fourth-order valence-electron chi connectivity index (χ4n) is 2.53. The van der Waals surface area contributed by atoms with E-state index in [0.29, 0.717) is 0 Å². The largest absolute Gasteiger partial charge is 0.281 e. The van der Waals surface area contributed by atoms with Gasteiger partial charge < -0.3 is 0 Å². The van der Waals surface area contributed by atoms with Gasteiger partial charge in [-0.2, -0.15) is 0 Å². The van der Waals surface area contributed by atoms with Crippen LogP contribution >= 0.6 is 11.6 Å². The van der Waals surface area contributed by atoms with E-state index in [1.165, 1.54) is 0 Å². The van der Waals surface area contributed by atoms with Gasteiger partial charge in [-0.1, -0.05) is 41.9 Å². The monoisotopic (exact) mass is 279 g/mol. The molecule has 0 N–H and O–H groups in total. The predicted molar refractivity (Wildman–Crippen MR) is 80.9 cm³/mol. The number of rotatable bonds is 1. The van der Waals surface area contributed by atoms with E-state index in [9.17, 15) is 0 Å². The molecular formula is C16H10ClN3. The standard InChI is InChI=1S/C16H10ClN3/c17-12-6-7-15-14(8-12)13(11-4-2-1-3-5-11)9-16-19-18-10-20(15)16/h1-10H. The van der Waals surface area contributed by atoms with Crippen molar-refractivity contribution in [2.45, 2.75) is 0 Å². The molecule has 0 unspecified atom stereocenters. The number of hydrogen-bond acceptors (Lipinski definition) is 2. The quantitative estimate of drug-likeness (QED) is 0.523. The van der Waals surface area contributed by atoms with Gasteiger partial charge in [0.25, 0.3) is 0 Å². The molecule has 0 aliphatic rings. The first kappa shape index (κ1) is 11.4. The highest BCUT2D eigenvalue weighted by Crippen LogP contribution is 2.31. The number of halogens is 1. The Morgan fingerprint density at radius 2 is 1.80 bits per heavy atom. The highest BCUT2D eigenvalue weighted by Gasteiger charge is 2.09. The molecule has 96 valence electrons. The van der Waals surface area contributed by atoms with Crippen LogP contribution < -0.4 is 0 Å². The molecule has 0 saturated carbocycles. The number of hydrogen-bond donors (Lipinski definition) is 0. The summed E-state index contributed by atoms with van der Waals surface area (Å²) in [6.45, 7) is 0. The van der Waals surface area contributed by atoms with Crippen LogP contribution in [0.3, 0.4) is 0 Å². The SMILES string of the molecule is Clc1ccc2c(c1)c(-c1ccccc1)cc1nncn12. The first-order chi connectivity index (χ1) is 9.83. The van der Waals surface area contributed by atoms with Crippen molar-refractivity contribution in [3.05, 3.63) is 65.9 Å². The topological polar surface area (TPSA) is 30.2 Å². The average molecular weight is 280 g/mol. The molecule has 4 rings (SSSR count). The van der Waals surface area contributed by atoms with E-state index in [-0.39, 0.29) is 0 Å². The molecule has 0 bridgehead atoms. The van der Waals surface area contributed by atoms with Crippen molar-refractivity contribution < 1.29 is 0 Å². The van der Waals surface area contributed by atoms with Gasteiger partial charge in [-0.3, -0.25) is 4.40 Å². The summed E-state index contributed by atoms with van der Waals surface area (Å²) >= 11 is 6.16. The number of aromatic nitrogens is 3. The van der Waals surface area contributed by atoms with Gasteiger partial charge >= 0.3 is 0 Å². The Kier molecular flexibility index (Phi) is 2.47. The van der Waals surface area contributed by atoms with E-state index in [2.05, 4.69) is 22.3 Å². The summed E-state index contributed by atoms with van der Waals surface area (Å²) in [5.41, 5.74) is 4.14. The average Bonchev–Trinajstić information content (AvgIpc) is 2.95. The van der Waals surface area contributed by atoms with Gasteiger partial charge in [0.15, 0.2) is 5.65 Å². The van der Waals surface area contributed by atoms with E-state index < -0.39 is 0 Å². The Balaban J connectivity index is 2.19. The first-order valence-electron chi connectivity index (χ1n) is 6.30. The molecule has 3 nitrogen and oxygen atoms in total. The summed E-state index contributed by atoms with van der Waals surface area (Å²) in [4.78, 5) is 0. The molecule has 0 aliphatic heterocycles. The van der Waals surface area contributed by atoms with Crippen LogP contribution in [-0.4, -0.2) is 14.6 Å². The van der Waals surface area contributed by atoms with Crippen molar-refractivity contribution in [2.24, 2.45) is 0 Å². The van der Waals surface area contributed by atoms with Gasteiger partial charge in [-0.15, -0.1) is 10.2 Å². The summed E-state index contributed by atoms with van der Waals surface area (Å²) < 4.78 is 1.97. The molecule has 0 spiro atoms. The van der Waals surface area contributed by atoms with E-state index >= 15 is 0 Å². The van der Waals surface area contributed by atoms with Crippen LogP contribution in [0.25, 0.3) is 27.7 Å². The van der Waals surface area contributed by atoms with E-state index in [1.807, 2.05) is 46.9 Å². The summed E-state index contributed by atoms with van der Waals surface area (Å²) in [5.74, 6) is 0. The molecule has 0 fully saturated rings. The van der Waals surface area contributed by atoms with Crippen molar-refractivity contribution in [1.29, 1.82) is 0 Å². The zero-order valence-electron chi connectivity index (χ0n) is 10.5. The molecule has 0 aliphatic carbocycles. The number of fused-ring (bicyclic) bond motifs is 3. The van der Waals surface area contributed by atoms with E-state index in [4.69, 9.17) is 11.6 Å². The van der Waals surface area contributed by atoms with Crippen LogP contribution in [0.5, 0.6) is 0 Å². The highest BCUT2D eigenvalue weighted by molar-refractivity contribution is 6.31. The third-order valence-corrected chi connectivity index (χ3v) is 3.68. The lowest BCUT2D eigenvalue weighted by atomic mass is 10.0. The van der Waals surface area contributed by atoms with Gasteiger partial charge in [-0.25, -0.2) is 0 Å². The smallest absolute Gasteiger partial charge is 0.161 e. The summed E-state index contributed by atoms with van der Waals surface area (Å²) in [6.07, 6.45) is 1.72. The van der Waals surface area contributed by atoms with Crippen molar-refractivity contribution in [3.8, 4) is 11.1 Å². The lowest BCUT2D eigenvalue weighted by molar-refractivity contribution is 1.11. The molecule has 0 radical (unpaired) electrons. The summed E-state index contributed by atoms with van der Waals surface area (Å²) in [7, 11) is 0. The van der Waals surface area contributed by atoms with Gasteiger partial charge in [0.05, 0.1) is 5.52 Å². The Morgan fingerprint density at radius 3 is 2.65 bits per heavy atom. The third-order valence-electron chi connectivity index (χ3n) is 3.44. The van der Waals surface area contributed by atoms with Gasteiger partial charge in [0.2, 0.25) is 0 Å². The summed E-state index contributed by atoms with van der Waals surface area (Å²) in [5, 5.41) is 9.96. The maximum Gasteiger partial charge on any atom is 0.161 e. The fourth-order valence-corrected chi connectivity index (χ4v) is 2.70. The highest BCUT2D eigenvalue weighted by atomic mass is 35.5. The van der Waals surface area contributed by atoms with Crippen molar-refractivity contribution in [3.63, 3.8) is 0 Å². The Morgan fingerprint density at radius 1 is 0.950 bits per heavy atom. The second-order valence-corrected chi connectivity index (χ2v) is 5.08. The van der Waals surface area contributed by atoms with Crippen LogP contribution in [0.1, 0.15) is 0 Å². The van der Waals surface area contributed by atoms with Crippen LogP contribution in [-0.2, 0) is 0 Å². The minimum Gasteiger partial charge on any atom is -0.281 e. The van der Waals surface area contributed by atoms with Crippen LogP contribution in [0.15, 0.2) is 60.9 Å². The van der Waals surface area contributed by atoms with Crippen molar-refractivity contribution in [2.75, 3.05) is 0 Å². The van der Waals surface area contributed by atoms with Gasteiger partial charge in [0, 0.05) is 10.4 Å². The number of benzene rings is 2. The van der Waals surface area contributed by atoms with Crippen LogP contribution in [0, 0.1) is 0 Å². The normalized spacial score (nSPS) is 11.2. The maximum atomic E-state index is 6.16. The zero-order chi connectivity index (χ0) is 13.5. The minimum absolute atomic E-state index is 0.724. The van der Waals surface area contributed by atoms with Crippen LogP contribution in [0.4, 0.5) is 0 Å². The van der Waals surface area contributed by atoms with Crippen LogP contribution in [0.2, 0.25) is 5.02 Å². The molecule has 2 aromatic carbocycles. The molecule has 4 heteroatoms. The molecule has 0 amide bonds. The molecule has 0 atom stereocenters. The minimum atomic E-state index is 0.724. The van der Waals surface area contributed by atoms with E-state index in [0.717, 1.165) is 32.7 Å². The summed E-state index contributed by atoms with van der Waals surface area (Å²) in [6, 6.07) is 18.1. The molecule has 4 aromatic rings. The zero-order valence-corrected chi connectivity index (χ0v) is 11.2. The molecule has 20 heavy (non-hydrogen) atoms. The molecule has 0 saturated heterocycles. The molecule has 2 heterocycles. The Bertz CT molecular complexity index is 913. The Labute approximate surface area is 120 Å². The third kappa shape index (κ3) is 1.67. The number of pyridine rings is 1. The first-order valence-corrected chi connectivity index (χ1v) is 6.68. The predicted octanol–water partition coefficient (Wildman–Crippen LogP) is 4.20. The maximum absolute atomic E-state index is 6.16.